The van der Waals surface area contributed by atoms with Gasteiger partial charge in [0.2, 0.25) is 0 Å². The lowest BCUT2D eigenvalue weighted by Gasteiger charge is -2.08. The summed E-state index contributed by atoms with van der Waals surface area (Å²) in [5.74, 6) is 1.36. The number of nitrogens with zero attached hydrogens (tertiary/aromatic N) is 2. The summed E-state index contributed by atoms with van der Waals surface area (Å²) in [5.41, 5.74) is 2.70. The van der Waals surface area contributed by atoms with Gasteiger partial charge >= 0.3 is 0 Å². The van der Waals surface area contributed by atoms with Gasteiger partial charge in [-0.3, -0.25) is 5.43 Å². The molecule has 1 aliphatic heterocycles. The van der Waals surface area contributed by atoms with E-state index in [0.717, 1.165) is 0 Å². The van der Waals surface area contributed by atoms with Crippen molar-refractivity contribution in [3.63, 3.8) is 0 Å². The lowest BCUT2D eigenvalue weighted by atomic mass is 10.4. The molecule has 10 heavy (non-hydrogen) atoms. The summed E-state index contributed by atoms with van der Waals surface area (Å²) in [6.07, 6.45) is 3.01. The van der Waals surface area contributed by atoms with Gasteiger partial charge in [0.1, 0.15) is 0 Å². The molecule has 0 aromatic carbocycles. The fourth-order valence-corrected chi connectivity index (χ4v) is 0.740. The molecule has 1 aromatic rings. The summed E-state index contributed by atoms with van der Waals surface area (Å²) < 4.78 is 5.01. The third kappa shape index (κ3) is 0.699. The Labute approximate surface area is 57.5 Å². The average molecular weight is 135 g/mol. The van der Waals surface area contributed by atoms with Gasteiger partial charge in [0, 0.05) is 6.20 Å². The summed E-state index contributed by atoms with van der Waals surface area (Å²) in [5, 5.41) is 3.66. The summed E-state index contributed by atoms with van der Waals surface area (Å²) >= 11 is 0. The van der Waals surface area contributed by atoms with Crippen molar-refractivity contribution in [1.82, 2.24) is 4.98 Å². The Morgan fingerprint density at radius 3 is 3.40 bits per heavy atom. The van der Waals surface area contributed by atoms with E-state index in [0.29, 0.717) is 11.6 Å². The van der Waals surface area contributed by atoms with Gasteiger partial charge < -0.3 is 4.74 Å². The minimum atomic E-state index is 0.657. The first-order valence-electron chi connectivity index (χ1n) is 2.86. The molecular formula is C6H5N3O. The Morgan fingerprint density at radius 1 is 1.50 bits per heavy atom. The minimum Gasteiger partial charge on any atom is -0.440 e. The molecule has 0 aliphatic carbocycles. The molecule has 0 unspecified atom stereocenters. The Hall–Kier alpha value is -1.58. The number of pyridine rings is 1. The van der Waals surface area contributed by atoms with E-state index in [1.807, 2.05) is 6.07 Å². The van der Waals surface area contributed by atoms with E-state index in [9.17, 15) is 0 Å². The highest BCUT2D eigenvalue weighted by Gasteiger charge is 2.04. The second-order valence-corrected chi connectivity index (χ2v) is 1.81. The fraction of sp³-hybridized carbons (Fsp3) is 0. The third-order valence-corrected chi connectivity index (χ3v) is 1.17. The molecule has 4 heteroatoms. The molecule has 0 saturated carbocycles. The minimum absolute atomic E-state index is 0.657. The second kappa shape index (κ2) is 1.98. The largest absolute Gasteiger partial charge is 0.440 e. The standard InChI is InChI=1S/C6H5N3O/c1-2-5-6(7-3-1)9-8-4-10-5/h1-4H,(H,7,9). The number of anilines is 1. The van der Waals surface area contributed by atoms with Crippen molar-refractivity contribution >= 4 is 12.2 Å². The molecule has 1 aliphatic rings. The third-order valence-electron chi connectivity index (χ3n) is 1.17. The molecular weight excluding hydrogens is 130 g/mol. The highest BCUT2D eigenvalue weighted by Crippen LogP contribution is 2.21. The topological polar surface area (TPSA) is 46.5 Å². The maximum absolute atomic E-state index is 5.01. The molecule has 2 heterocycles. The number of hydrogen-bond acceptors (Lipinski definition) is 4. The molecule has 4 nitrogen and oxygen atoms in total. The number of ether oxygens (including phenoxy) is 1. The molecule has 0 spiro atoms. The molecule has 50 valence electrons. The van der Waals surface area contributed by atoms with Gasteiger partial charge in [-0.15, -0.1) is 5.10 Å². The van der Waals surface area contributed by atoms with E-state index in [1.54, 1.807) is 12.3 Å². The van der Waals surface area contributed by atoms with Gasteiger partial charge in [-0.25, -0.2) is 4.98 Å². The molecule has 1 aromatic heterocycles. The monoisotopic (exact) mass is 135 g/mol. The first-order valence-corrected chi connectivity index (χ1v) is 2.86. The van der Waals surface area contributed by atoms with Crippen LogP contribution in [0.3, 0.4) is 0 Å². The van der Waals surface area contributed by atoms with Crippen LogP contribution in [0, 0.1) is 0 Å². The van der Waals surface area contributed by atoms with Crippen molar-refractivity contribution in [2.75, 3.05) is 5.43 Å². The second-order valence-electron chi connectivity index (χ2n) is 1.81. The van der Waals surface area contributed by atoms with E-state index in [2.05, 4.69) is 15.5 Å². The molecule has 0 fully saturated rings. The molecule has 1 N–H and O–H groups in total. The quantitative estimate of drug-likeness (QED) is 0.573. The lowest BCUT2D eigenvalue weighted by Crippen LogP contribution is -2.04. The highest BCUT2D eigenvalue weighted by molar-refractivity contribution is 5.63. The van der Waals surface area contributed by atoms with Crippen LogP contribution in [0.15, 0.2) is 23.4 Å². The first-order chi connectivity index (χ1) is 4.97. The Bertz CT molecular complexity index is 244. The Kier molecular flexibility index (Phi) is 1.04. The maximum atomic E-state index is 5.01. The number of hydrogen-bond donors (Lipinski definition) is 1. The summed E-state index contributed by atoms with van der Waals surface area (Å²) in [7, 11) is 0. The van der Waals surface area contributed by atoms with E-state index < -0.39 is 0 Å². The maximum Gasteiger partial charge on any atom is 0.199 e. The summed E-state index contributed by atoms with van der Waals surface area (Å²) in [6.45, 7) is 0. The van der Waals surface area contributed by atoms with E-state index >= 15 is 0 Å². The smallest absolute Gasteiger partial charge is 0.199 e. The van der Waals surface area contributed by atoms with Crippen LogP contribution in [-0.2, 0) is 0 Å². The van der Waals surface area contributed by atoms with Crippen molar-refractivity contribution in [2.24, 2.45) is 5.10 Å². The average Bonchev–Trinajstić information content (AvgIpc) is 2.05. The molecule has 0 amide bonds. The van der Waals surface area contributed by atoms with Crippen molar-refractivity contribution in [1.29, 1.82) is 0 Å². The predicted octanol–water partition coefficient (Wildman–Crippen LogP) is 0.829. The van der Waals surface area contributed by atoms with Crippen molar-refractivity contribution < 1.29 is 4.74 Å². The normalized spacial score (nSPS) is 13.2. The van der Waals surface area contributed by atoms with E-state index in [-0.39, 0.29) is 0 Å². The zero-order chi connectivity index (χ0) is 6.81. The highest BCUT2D eigenvalue weighted by atomic mass is 16.5. The molecule has 0 radical (unpaired) electrons. The van der Waals surface area contributed by atoms with Crippen molar-refractivity contribution in [3.05, 3.63) is 18.3 Å². The van der Waals surface area contributed by atoms with Crippen molar-refractivity contribution in [3.8, 4) is 5.75 Å². The van der Waals surface area contributed by atoms with Gasteiger partial charge in [0.05, 0.1) is 0 Å². The number of fused-ring (bicyclic) bond motifs is 1. The molecule has 2 rings (SSSR count). The predicted molar refractivity (Wildman–Crippen MR) is 37.0 cm³/mol. The molecule has 0 atom stereocenters. The van der Waals surface area contributed by atoms with Crippen LogP contribution < -0.4 is 10.2 Å². The number of nitrogens with one attached hydrogen (secondary N) is 1. The van der Waals surface area contributed by atoms with Crippen molar-refractivity contribution in [2.45, 2.75) is 0 Å². The van der Waals surface area contributed by atoms with Gasteiger partial charge in [-0.05, 0) is 12.1 Å². The number of hydrazone groups is 1. The SMILES string of the molecule is C1=NNc2ncccc2O1. The van der Waals surface area contributed by atoms with Crippen LogP contribution in [-0.4, -0.2) is 11.4 Å². The van der Waals surface area contributed by atoms with Gasteiger partial charge in [0.15, 0.2) is 18.0 Å². The zero-order valence-corrected chi connectivity index (χ0v) is 5.11. The van der Waals surface area contributed by atoms with Crippen LogP contribution in [0.5, 0.6) is 5.75 Å². The van der Waals surface area contributed by atoms with Crippen LogP contribution >= 0.6 is 0 Å². The Morgan fingerprint density at radius 2 is 2.50 bits per heavy atom. The molecule has 0 saturated heterocycles. The van der Waals surface area contributed by atoms with E-state index in [1.165, 1.54) is 6.40 Å². The van der Waals surface area contributed by atoms with Crippen LogP contribution in [0.2, 0.25) is 0 Å². The van der Waals surface area contributed by atoms with Gasteiger partial charge in [0.25, 0.3) is 0 Å². The Balaban J connectivity index is 2.47. The molecule has 0 bridgehead atoms. The van der Waals surface area contributed by atoms with Crippen LogP contribution in [0.1, 0.15) is 0 Å². The zero-order valence-electron chi connectivity index (χ0n) is 5.11. The summed E-state index contributed by atoms with van der Waals surface area (Å²) in [4.78, 5) is 3.97. The van der Waals surface area contributed by atoms with Crippen LogP contribution in [0.4, 0.5) is 5.82 Å². The van der Waals surface area contributed by atoms with E-state index in [4.69, 9.17) is 4.74 Å². The first kappa shape index (κ1) is 5.22. The lowest BCUT2D eigenvalue weighted by molar-refractivity contribution is 0.562. The number of aromatic nitrogens is 1. The summed E-state index contributed by atoms with van der Waals surface area (Å²) in [6, 6.07) is 3.63. The fourth-order valence-electron chi connectivity index (χ4n) is 0.740. The van der Waals surface area contributed by atoms with Gasteiger partial charge in [-0.1, -0.05) is 0 Å². The van der Waals surface area contributed by atoms with Gasteiger partial charge in [-0.2, -0.15) is 0 Å². The number of rotatable bonds is 0. The van der Waals surface area contributed by atoms with Crippen LogP contribution in [0.25, 0.3) is 0 Å².